The number of halogens is 2. The highest BCUT2D eigenvalue weighted by Crippen LogP contribution is 2.21. The van der Waals surface area contributed by atoms with E-state index in [4.69, 9.17) is 5.73 Å². The van der Waals surface area contributed by atoms with Crippen molar-refractivity contribution in [3.63, 3.8) is 0 Å². The van der Waals surface area contributed by atoms with Crippen LogP contribution in [0.1, 0.15) is 37.4 Å². The summed E-state index contributed by atoms with van der Waals surface area (Å²) in [5.74, 6) is 0.670. The fourth-order valence-electron chi connectivity index (χ4n) is 2.41. The molecule has 3 nitrogen and oxygen atoms in total. The van der Waals surface area contributed by atoms with Crippen LogP contribution in [0, 0.1) is 5.92 Å². The fourth-order valence-corrected chi connectivity index (χ4v) is 3.31. The van der Waals surface area contributed by atoms with Gasteiger partial charge in [0.05, 0.1) is 10.7 Å². The molecule has 2 atom stereocenters. The number of nitrogens with zero attached hydrogens (tertiary/aromatic N) is 2. The first-order valence-corrected chi connectivity index (χ1v) is 7.48. The van der Waals surface area contributed by atoms with E-state index >= 15 is 0 Å². The van der Waals surface area contributed by atoms with Gasteiger partial charge in [0, 0.05) is 24.5 Å². The summed E-state index contributed by atoms with van der Waals surface area (Å²) in [5, 5.41) is 3.50. The SMILES string of the molecule is CCCc1nc(CN2CCC(C(C)N)C2)cs1.Cl.Cl. The van der Waals surface area contributed by atoms with Crippen LogP contribution in [0.15, 0.2) is 5.38 Å². The van der Waals surface area contributed by atoms with Gasteiger partial charge in [-0.2, -0.15) is 0 Å². The molecule has 1 aliphatic heterocycles. The lowest BCUT2D eigenvalue weighted by Crippen LogP contribution is -2.29. The summed E-state index contributed by atoms with van der Waals surface area (Å²) in [6.45, 7) is 7.64. The van der Waals surface area contributed by atoms with E-state index in [0.717, 1.165) is 19.5 Å². The summed E-state index contributed by atoms with van der Waals surface area (Å²) < 4.78 is 0. The summed E-state index contributed by atoms with van der Waals surface area (Å²) in [5.41, 5.74) is 7.20. The number of hydrogen-bond donors (Lipinski definition) is 1. The lowest BCUT2D eigenvalue weighted by Gasteiger charge is -2.16. The monoisotopic (exact) mass is 325 g/mol. The Hall–Kier alpha value is 0.130. The largest absolute Gasteiger partial charge is 0.328 e. The number of aryl methyl sites for hydroxylation is 1. The van der Waals surface area contributed by atoms with Crippen molar-refractivity contribution >= 4 is 36.2 Å². The van der Waals surface area contributed by atoms with Crippen LogP contribution >= 0.6 is 36.2 Å². The Morgan fingerprint density at radius 1 is 1.53 bits per heavy atom. The second kappa shape index (κ2) is 9.14. The molecule has 0 bridgehead atoms. The van der Waals surface area contributed by atoms with Gasteiger partial charge in [-0.15, -0.1) is 36.2 Å². The molecule has 0 amide bonds. The van der Waals surface area contributed by atoms with Crippen molar-refractivity contribution in [2.45, 2.75) is 45.7 Å². The van der Waals surface area contributed by atoms with Crippen LogP contribution in [0.25, 0.3) is 0 Å². The van der Waals surface area contributed by atoms with Crippen LogP contribution in [0.4, 0.5) is 0 Å². The molecule has 0 aliphatic carbocycles. The van der Waals surface area contributed by atoms with Crippen LogP contribution < -0.4 is 5.73 Å². The van der Waals surface area contributed by atoms with Crippen LogP contribution in [-0.2, 0) is 13.0 Å². The van der Waals surface area contributed by atoms with E-state index in [9.17, 15) is 0 Å². The molecule has 1 fully saturated rings. The highest BCUT2D eigenvalue weighted by molar-refractivity contribution is 7.09. The summed E-state index contributed by atoms with van der Waals surface area (Å²) in [4.78, 5) is 7.16. The van der Waals surface area contributed by atoms with E-state index in [1.165, 1.54) is 30.1 Å². The van der Waals surface area contributed by atoms with Gasteiger partial charge in [0.25, 0.3) is 0 Å². The zero-order valence-corrected chi connectivity index (χ0v) is 14.1. The van der Waals surface area contributed by atoms with E-state index in [0.29, 0.717) is 12.0 Å². The van der Waals surface area contributed by atoms with Crippen molar-refractivity contribution in [3.05, 3.63) is 16.1 Å². The number of nitrogens with two attached hydrogens (primary N) is 1. The van der Waals surface area contributed by atoms with E-state index in [-0.39, 0.29) is 24.8 Å². The summed E-state index contributed by atoms with van der Waals surface area (Å²) >= 11 is 1.80. The molecule has 1 saturated heterocycles. The zero-order valence-electron chi connectivity index (χ0n) is 11.7. The van der Waals surface area contributed by atoms with Gasteiger partial charge in [0.1, 0.15) is 0 Å². The normalized spacial score (nSPS) is 20.7. The lowest BCUT2D eigenvalue weighted by molar-refractivity contribution is 0.305. The molecular formula is C13H25Cl2N3S. The third-order valence-electron chi connectivity index (χ3n) is 3.50. The maximum atomic E-state index is 5.96. The minimum atomic E-state index is 0. The van der Waals surface area contributed by atoms with Crippen molar-refractivity contribution < 1.29 is 0 Å². The van der Waals surface area contributed by atoms with Crippen molar-refractivity contribution in [1.82, 2.24) is 9.88 Å². The smallest absolute Gasteiger partial charge is 0.0928 e. The van der Waals surface area contributed by atoms with E-state index in [1.807, 2.05) is 0 Å². The van der Waals surface area contributed by atoms with Gasteiger partial charge >= 0.3 is 0 Å². The molecular weight excluding hydrogens is 301 g/mol. The third-order valence-corrected chi connectivity index (χ3v) is 4.46. The van der Waals surface area contributed by atoms with E-state index in [2.05, 4.69) is 29.1 Å². The molecule has 0 spiro atoms. The fraction of sp³-hybridized carbons (Fsp3) is 0.769. The second-order valence-electron chi connectivity index (χ2n) is 5.13. The lowest BCUT2D eigenvalue weighted by atomic mass is 10.0. The molecule has 2 rings (SSSR count). The van der Waals surface area contributed by atoms with Crippen LogP contribution in [-0.4, -0.2) is 29.0 Å². The topological polar surface area (TPSA) is 42.2 Å². The van der Waals surface area contributed by atoms with Crippen LogP contribution in [0.2, 0.25) is 0 Å². The third kappa shape index (κ3) is 5.56. The zero-order chi connectivity index (χ0) is 12.3. The molecule has 2 N–H and O–H groups in total. The van der Waals surface area contributed by atoms with Gasteiger partial charge < -0.3 is 5.73 Å². The number of hydrogen-bond acceptors (Lipinski definition) is 4. The van der Waals surface area contributed by atoms with Gasteiger partial charge in [-0.05, 0) is 38.6 Å². The molecule has 1 aromatic rings. The van der Waals surface area contributed by atoms with Crippen molar-refractivity contribution in [1.29, 1.82) is 0 Å². The number of rotatable bonds is 5. The Bertz CT molecular complexity index is 357. The molecule has 1 aliphatic rings. The first-order chi connectivity index (χ1) is 8.19. The predicted molar refractivity (Wildman–Crippen MR) is 87.6 cm³/mol. The molecule has 0 aromatic carbocycles. The minimum absolute atomic E-state index is 0. The first kappa shape index (κ1) is 19.1. The molecule has 2 unspecified atom stereocenters. The Kier molecular flexibility index (Phi) is 9.20. The quantitative estimate of drug-likeness (QED) is 0.904. The highest BCUT2D eigenvalue weighted by atomic mass is 35.5. The number of aromatic nitrogens is 1. The Balaban J connectivity index is 0.00000162. The Morgan fingerprint density at radius 2 is 2.26 bits per heavy atom. The summed E-state index contributed by atoms with van der Waals surface area (Å²) in [6.07, 6.45) is 3.54. The molecule has 0 saturated carbocycles. The number of thiazole rings is 1. The molecule has 19 heavy (non-hydrogen) atoms. The Morgan fingerprint density at radius 3 is 2.84 bits per heavy atom. The molecule has 6 heteroatoms. The van der Waals surface area contributed by atoms with Crippen molar-refractivity contribution in [2.75, 3.05) is 13.1 Å². The average Bonchev–Trinajstić information content (AvgIpc) is 2.89. The Labute approximate surface area is 132 Å². The van der Waals surface area contributed by atoms with Gasteiger partial charge in [0.15, 0.2) is 0 Å². The first-order valence-electron chi connectivity index (χ1n) is 6.60. The van der Waals surface area contributed by atoms with Gasteiger partial charge in [-0.1, -0.05) is 6.92 Å². The van der Waals surface area contributed by atoms with E-state index in [1.54, 1.807) is 11.3 Å². The van der Waals surface area contributed by atoms with Crippen molar-refractivity contribution in [3.8, 4) is 0 Å². The van der Waals surface area contributed by atoms with Gasteiger partial charge in [0.2, 0.25) is 0 Å². The number of likely N-dealkylation sites (tertiary alicyclic amines) is 1. The maximum absolute atomic E-state index is 5.96. The average molecular weight is 326 g/mol. The molecule has 112 valence electrons. The summed E-state index contributed by atoms with van der Waals surface area (Å²) in [7, 11) is 0. The minimum Gasteiger partial charge on any atom is -0.328 e. The molecule has 0 radical (unpaired) electrons. The van der Waals surface area contributed by atoms with Gasteiger partial charge in [-0.3, -0.25) is 4.90 Å². The van der Waals surface area contributed by atoms with Crippen LogP contribution in [0.3, 0.4) is 0 Å². The highest BCUT2D eigenvalue weighted by Gasteiger charge is 2.25. The van der Waals surface area contributed by atoms with Gasteiger partial charge in [-0.25, -0.2) is 4.98 Å². The standard InChI is InChI=1S/C13H23N3S.2ClH/c1-3-4-13-15-12(9-17-13)8-16-6-5-11(7-16)10(2)14;;/h9-11H,3-8,14H2,1-2H3;2*1H. The predicted octanol–water partition coefficient (Wildman–Crippen LogP) is 3.11. The van der Waals surface area contributed by atoms with Crippen molar-refractivity contribution in [2.24, 2.45) is 11.7 Å². The second-order valence-corrected chi connectivity index (χ2v) is 6.07. The molecule has 2 heterocycles. The van der Waals surface area contributed by atoms with Crippen LogP contribution in [0.5, 0.6) is 0 Å². The van der Waals surface area contributed by atoms with E-state index < -0.39 is 0 Å². The maximum Gasteiger partial charge on any atom is 0.0928 e. The summed E-state index contributed by atoms with van der Waals surface area (Å²) in [6, 6.07) is 0.325. The molecule has 1 aromatic heterocycles.